The summed E-state index contributed by atoms with van der Waals surface area (Å²) in [6, 6.07) is 2.47. The van der Waals surface area contributed by atoms with E-state index in [-0.39, 0.29) is 11.8 Å². The van der Waals surface area contributed by atoms with E-state index in [4.69, 9.17) is 5.26 Å². The van der Waals surface area contributed by atoms with Crippen LogP contribution in [0.25, 0.3) is 0 Å². The average Bonchev–Trinajstić information content (AvgIpc) is 2.32. The summed E-state index contributed by atoms with van der Waals surface area (Å²) >= 11 is 0. The molecule has 0 radical (unpaired) electrons. The van der Waals surface area contributed by atoms with Gasteiger partial charge in [-0.15, -0.1) is 0 Å². The molecule has 0 spiro atoms. The molecule has 1 heterocycles. The van der Waals surface area contributed by atoms with E-state index in [2.05, 4.69) is 23.2 Å². The molecule has 1 N–H and O–H groups in total. The smallest absolute Gasteiger partial charge is 0.223 e. The second-order valence-corrected chi connectivity index (χ2v) is 4.91. The minimum Gasteiger partial charge on any atom is -0.353 e. The van der Waals surface area contributed by atoms with Crippen molar-refractivity contribution in [2.24, 2.45) is 5.92 Å². The first-order valence-corrected chi connectivity index (χ1v) is 6.57. The molecule has 0 saturated carbocycles. The minimum absolute atomic E-state index is 0.122. The van der Waals surface area contributed by atoms with Gasteiger partial charge in [-0.2, -0.15) is 5.26 Å². The molecule has 4 heteroatoms. The molecule has 0 bridgehead atoms. The predicted molar refractivity (Wildman–Crippen MR) is 67.3 cm³/mol. The van der Waals surface area contributed by atoms with Gasteiger partial charge in [0.25, 0.3) is 0 Å². The van der Waals surface area contributed by atoms with E-state index in [1.54, 1.807) is 0 Å². The number of carbonyl (C=O) groups excluding carboxylic acids is 1. The van der Waals surface area contributed by atoms with Crippen molar-refractivity contribution >= 4 is 5.91 Å². The molecule has 1 saturated heterocycles. The first-order chi connectivity index (χ1) is 8.17. The summed E-state index contributed by atoms with van der Waals surface area (Å²) in [6.45, 7) is 6.43. The zero-order valence-corrected chi connectivity index (χ0v) is 10.9. The van der Waals surface area contributed by atoms with Crippen LogP contribution in [-0.2, 0) is 4.79 Å². The first-order valence-electron chi connectivity index (χ1n) is 6.57. The molecular weight excluding hydrogens is 214 g/mol. The van der Waals surface area contributed by atoms with E-state index in [1.165, 1.54) is 0 Å². The fourth-order valence-electron chi connectivity index (χ4n) is 2.24. The maximum absolute atomic E-state index is 11.8. The Morgan fingerprint density at radius 1 is 1.53 bits per heavy atom. The molecule has 1 unspecified atom stereocenters. The van der Waals surface area contributed by atoms with Crippen LogP contribution in [0.2, 0.25) is 0 Å². The van der Waals surface area contributed by atoms with E-state index in [9.17, 15) is 4.79 Å². The summed E-state index contributed by atoms with van der Waals surface area (Å²) in [5.41, 5.74) is 0. The normalized spacial score (nSPS) is 19.6. The van der Waals surface area contributed by atoms with Gasteiger partial charge in [0.15, 0.2) is 0 Å². The third-order valence-corrected chi connectivity index (χ3v) is 3.40. The number of carbonyl (C=O) groups is 1. The molecule has 1 aliphatic heterocycles. The van der Waals surface area contributed by atoms with Crippen LogP contribution in [0.3, 0.4) is 0 Å². The van der Waals surface area contributed by atoms with Gasteiger partial charge in [-0.05, 0) is 19.3 Å². The lowest BCUT2D eigenvalue weighted by molar-refractivity contribution is -0.125. The maximum Gasteiger partial charge on any atom is 0.223 e. The minimum atomic E-state index is 0.122. The molecule has 1 amide bonds. The third-order valence-electron chi connectivity index (χ3n) is 3.40. The molecule has 1 aliphatic rings. The van der Waals surface area contributed by atoms with E-state index in [1.807, 2.05) is 6.92 Å². The van der Waals surface area contributed by atoms with Crippen LogP contribution in [0.15, 0.2) is 0 Å². The molecular formula is C13H23N3O. The van der Waals surface area contributed by atoms with Gasteiger partial charge in [-0.25, -0.2) is 0 Å². The van der Waals surface area contributed by atoms with Crippen LogP contribution < -0.4 is 5.32 Å². The Hall–Kier alpha value is -1.08. The van der Waals surface area contributed by atoms with Gasteiger partial charge in [0.05, 0.1) is 12.6 Å². The highest BCUT2D eigenvalue weighted by atomic mass is 16.1. The molecule has 0 aliphatic carbocycles. The topological polar surface area (TPSA) is 56.1 Å². The van der Waals surface area contributed by atoms with Gasteiger partial charge >= 0.3 is 0 Å². The Kier molecular flexibility index (Phi) is 5.99. The Labute approximate surface area is 104 Å². The quantitative estimate of drug-likeness (QED) is 0.738. The van der Waals surface area contributed by atoms with Crippen molar-refractivity contribution in [3.63, 3.8) is 0 Å². The van der Waals surface area contributed by atoms with Crippen molar-refractivity contribution in [3.8, 4) is 6.07 Å². The number of nitrogens with zero attached hydrogens (tertiary/aromatic N) is 2. The third kappa shape index (κ3) is 4.74. The van der Waals surface area contributed by atoms with E-state index >= 15 is 0 Å². The summed E-state index contributed by atoms with van der Waals surface area (Å²) in [4.78, 5) is 14.0. The summed E-state index contributed by atoms with van der Waals surface area (Å²) in [7, 11) is 0. The molecule has 0 aromatic heterocycles. The lowest BCUT2D eigenvalue weighted by Crippen LogP contribution is -2.46. The van der Waals surface area contributed by atoms with Gasteiger partial charge in [0, 0.05) is 25.0 Å². The lowest BCUT2D eigenvalue weighted by atomic mass is 10.0. The summed E-state index contributed by atoms with van der Waals surface area (Å²) < 4.78 is 0. The molecule has 0 aromatic carbocycles. The van der Waals surface area contributed by atoms with E-state index < -0.39 is 0 Å². The highest BCUT2D eigenvalue weighted by molar-refractivity contribution is 5.78. The van der Waals surface area contributed by atoms with Crippen molar-refractivity contribution in [1.82, 2.24) is 10.2 Å². The second-order valence-electron chi connectivity index (χ2n) is 4.91. The number of nitrogens with one attached hydrogen (secondary N) is 1. The predicted octanol–water partition coefficient (Wildman–Crippen LogP) is 1.53. The zero-order chi connectivity index (χ0) is 12.7. The summed E-state index contributed by atoms with van der Waals surface area (Å²) in [5.74, 6) is 0.308. The Morgan fingerprint density at radius 3 is 2.71 bits per heavy atom. The number of rotatable bonds is 5. The van der Waals surface area contributed by atoms with Crippen molar-refractivity contribution in [2.45, 2.75) is 45.6 Å². The SMILES string of the molecule is CCCC(C)C(=O)NC1CCN(CC#N)CC1. The van der Waals surface area contributed by atoms with Gasteiger partial charge in [-0.1, -0.05) is 20.3 Å². The highest BCUT2D eigenvalue weighted by Gasteiger charge is 2.22. The Bertz CT molecular complexity index is 277. The number of likely N-dealkylation sites (tertiary alicyclic amines) is 1. The van der Waals surface area contributed by atoms with Crippen molar-refractivity contribution in [3.05, 3.63) is 0 Å². The standard InChI is InChI=1S/C13H23N3O/c1-3-4-11(2)13(17)15-12-5-8-16(9-6-12)10-7-14/h11-12H,3-6,8-10H2,1-2H3,(H,15,17). The molecule has 4 nitrogen and oxygen atoms in total. The molecule has 1 fully saturated rings. The Morgan fingerprint density at radius 2 is 2.18 bits per heavy atom. The van der Waals surface area contributed by atoms with Crippen LogP contribution in [0, 0.1) is 17.2 Å². The Balaban J connectivity index is 2.26. The average molecular weight is 237 g/mol. The number of piperidine rings is 1. The van der Waals surface area contributed by atoms with Crippen LogP contribution in [0.5, 0.6) is 0 Å². The highest BCUT2D eigenvalue weighted by Crippen LogP contribution is 2.12. The fourth-order valence-corrected chi connectivity index (χ4v) is 2.24. The van der Waals surface area contributed by atoms with Crippen LogP contribution in [-0.4, -0.2) is 36.5 Å². The van der Waals surface area contributed by atoms with Crippen LogP contribution in [0.1, 0.15) is 39.5 Å². The maximum atomic E-state index is 11.8. The van der Waals surface area contributed by atoms with Gasteiger partial charge < -0.3 is 5.32 Å². The zero-order valence-electron chi connectivity index (χ0n) is 10.9. The second kappa shape index (κ2) is 7.29. The lowest BCUT2D eigenvalue weighted by Gasteiger charge is -2.31. The van der Waals surface area contributed by atoms with Crippen LogP contribution in [0.4, 0.5) is 0 Å². The monoisotopic (exact) mass is 237 g/mol. The molecule has 0 aromatic rings. The summed E-state index contributed by atoms with van der Waals surface area (Å²) in [6.07, 6.45) is 3.94. The molecule has 1 atom stereocenters. The molecule has 17 heavy (non-hydrogen) atoms. The summed E-state index contributed by atoms with van der Waals surface area (Å²) in [5, 5.41) is 11.7. The van der Waals surface area contributed by atoms with Crippen molar-refractivity contribution in [1.29, 1.82) is 5.26 Å². The number of amides is 1. The van der Waals surface area contributed by atoms with Gasteiger partial charge in [0.1, 0.15) is 0 Å². The fraction of sp³-hybridized carbons (Fsp3) is 0.846. The number of hydrogen-bond donors (Lipinski definition) is 1. The van der Waals surface area contributed by atoms with Crippen molar-refractivity contribution in [2.75, 3.05) is 19.6 Å². The van der Waals surface area contributed by atoms with Gasteiger partial charge in [-0.3, -0.25) is 9.69 Å². The van der Waals surface area contributed by atoms with E-state index in [0.29, 0.717) is 12.6 Å². The molecule has 1 rings (SSSR count). The van der Waals surface area contributed by atoms with Crippen LogP contribution >= 0.6 is 0 Å². The number of nitriles is 1. The first kappa shape index (κ1) is 14.0. The van der Waals surface area contributed by atoms with Gasteiger partial charge in [0.2, 0.25) is 5.91 Å². The van der Waals surface area contributed by atoms with E-state index in [0.717, 1.165) is 38.8 Å². The molecule has 96 valence electrons. The largest absolute Gasteiger partial charge is 0.353 e. The van der Waals surface area contributed by atoms with Crippen molar-refractivity contribution < 1.29 is 4.79 Å². The number of hydrogen-bond acceptors (Lipinski definition) is 3.